The summed E-state index contributed by atoms with van der Waals surface area (Å²) in [7, 11) is 1.57. The van der Waals surface area contributed by atoms with Crippen LogP contribution in [0.15, 0.2) is 58.3 Å². The molecule has 11 heteroatoms. The van der Waals surface area contributed by atoms with Crippen LogP contribution in [-0.2, 0) is 6.42 Å². The molecule has 0 unspecified atom stereocenters. The first-order valence-corrected chi connectivity index (χ1v) is 15.3. The van der Waals surface area contributed by atoms with E-state index < -0.39 is 6.43 Å². The smallest absolute Gasteiger partial charge is 0.280 e. The van der Waals surface area contributed by atoms with Crippen molar-refractivity contribution < 1.29 is 18.3 Å². The SMILES string of the molecule is CCc1ccc(OC)cc1-n1c(C=C(C)C)c(C(=O)N2CCN[C@@H](C)C2)cc(-c2nc(-c3ccc(C(F)F)nc3)cs2)c1=O. The van der Waals surface area contributed by atoms with Gasteiger partial charge in [-0.1, -0.05) is 18.6 Å². The minimum absolute atomic E-state index is 0.127. The average Bonchev–Trinajstić information content (AvgIpc) is 3.50. The van der Waals surface area contributed by atoms with Crippen LogP contribution in [0.2, 0.25) is 0 Å². The molecule has 4 aromatic rings. The van der Waals surface area contributed by atoms with E-state index in [0.29, 0.717) is 65.0 Å². The number of nitrogens with zero attached hydrogens (tertiary/aromatic N) is 4. The fraction of sp³-hybridized carbons (Fsp3) is 0.333. The second-order valence-electron chi connectivity index (χ2n) is 11.0. The molecule has 44 heavy (non-hydrogen) atoms. The molecule has 230 valence electrons. The maximum atomic E-state index is 14.5. The number of thiazole rings is 1. The second-order valence-corrected chi connectivity index (χ2v) is 11.8. The lowest BCUT2D eigenvalue weighted by Crippen LogP contribution is -2.51. The number of alkyl halides is 2. The lowest BCUT2D eigenvalue weighted by Gasteiger charge is -2.32. The van der Waals surface area contributed by atoms with Crippen molar-refractivity contribution in [3.63, 3.8) is 0 Å². The highest BCUT2D eigenvalue weighted by Crippen LogP contribution is 2.32. The summed E-state index contributed by atoms with van der Waals surface area (Å²) in [5.74, 6) is 0.406. The zero-order valence-corrected chi connectivity index (χ0v) is 26.2. The van der Waals surface area contributed by atoms with E-state index in [-0.39, 0.29) is 28.8 Å². The van der Waals surface area contributed by atoms with Gasteiger partial charge in [-0.05, 0) is 63.1 Å². The first kappa shape index (κ1) is 31.2. The van der Waals surface area contributed by atoms with Gasteiger partial charge in [-0.2, -0.15) is 0 Å². The standard InChI is InChI=1S/C33H35F2N5O3S/c1-6-21-7-9-23(43-5)14-28(21)40-29(13-19(2)3)24(32(41)39-12-11-36-20(4)17-39)15-25(33(40)42)31-38-27(18-44-31)22-8-10-26(30(34)35)37-16-22/h7-10,13-16,18,20,30,36H,6,11-12,17H2,1-5H3/t20-/m0/s1. The summed E-state index contributed by atoms with van der Waals surface area (Å²) < 4.78 is 33.3. The molecule has 0 saturated carbocycles. The van der Waals surface area contributed by atoms with Gasteiger partial charge in [0.05, 0.1) is 35.3 Å². The number of halogens is 2. The summed E-state index contributed by atoms with van der Waals surface area (Å²) in [5.41, 5.74) is 3.98. The van der Waals surface area contributed by atoms with Crippen LogP contribution in [-0.4, -0.2) is 58.1 Å². The van der Waals surface area contributed by atoms with Crippen molar-refractivity contribution in [2.45, 2.75) is 46.6 Å². The van der Waals surface area contributed by atoms with Gasteiger partial charge in [0.1, 0.15) is 16.5 Å². The molecule has 1 fully saturated rings. The molecule has 0 radical (unpaired) electrons. The lowest BCUT2D eigenvalue weighted by molar-refractivity contribution is 0.0708. The third-order valence-electron chi connectivity index (χ3n) is 7.51. The van der Waals surface area contributed by atoms with Crippen molar-refractivity contribution in [2.75, 3.05) is 26.7 Å². The number of benzene rings is 1. The number of piperazine rings is 1. The number of nitrogens with one attached hydrogen (secondary N) is 1. The molecule has 1 N–H and O–H groups in total. The maximum Gasteiger partial charge on any atom is 0.280 e. The number of carbonyl (C=O) groups excluding carboxylic acids is 1. The number of ether oxygens (including phenoxy) is 1. The number of rotatable bonds is 8. The molecule has 0 bridgehead atoms. The number of hydrogen-bond acceptors (Lipinski definition) is 7. The Hall–Kier alpha value is -4.22. The Morgan fingerprint density at radius 3 is 2.66 bits per heavy atom. The number of carbonyl (C=O) groups is 1. The van der Waals surface area contributed by atoms with Crippen molar-refractivity contribution in [1.29, 1.82) is 0 Å². The molecule has 3 aromatic heterocycles. The number of allylic oxidation sites excluding steroid dienone is 1. The first-order chi connectivity index (χ1) is 21.1. The molecule has 8 nitrogen and oxygen atoms in total. The fourth-order valence-electron chi connectivity index (χ4n) is 5.29. The molecule has 1 aliphatic rings. The van der Waals surface area contributed by atoms with Crippen LogP contribution in [0.1, 0.15) is 61.4 Å². The predicted molar refractivity (Wildman–Crippen MR) is 170 cm³/mol. The van der Waals surface area contributed by atoms with Crippen LogP contribution in [0, 0.1) is 0 Å². The van der Waals surface area contributed by atoms with Gasteiger partial charge in [0.15, 0.2) is 0 Å². The molecule has 0 spiro atoms. The second kappa shape index (κ2) is 13.2. The molecule has 4 heterocycles. The van der Waals surface area contributed by atoms with E-state index in [4.69, 9.17) is 9.72 Å². The van der Waals surface area contributed by atoms with Crippen LogP contribution in [0.25, 0.3) is 33.6 Å². The van der Waals surface area contributed by atoms with Crippen molar-refractivity contribution in [1.82, 2.24) is 24.8 Å². The summed E-state index contributed by atoms with van der Waals surface area (Å²) in [6.45, 7) is 9.63. The zero-order valence-electron chi connectivity index (χ0n) is 25.4. The van der Waals surface area contributed by atoms with Gasteiger partial charge < -0.3 is 15.0 Å². The number of methoxy groups -OCH3 is 1. The van der Waals surface area contributed by atoms with E-state index in [1.54, 1.807) is 23.1 Å². The molecule has 5 rings (SSSR count). The first-order valence-electron chi connectivity index (χ1n) is 14.5. The molecule has 1 aliphatic heterocycles. The Bertz CT molecular complexity index is 1760. The van der Waals surface area contributed by atoms with Crippen LogP contribution in [0.3, 0.4) is 0 Å². The van der Waals surface area contributed by atoms with Crippen LogP contribution >= 0.6 is 11.3 Å². The molecular weight excluding hydrogens is 584 g/mol. The highest BCUT2D eigenvalue weighted by molar-refractivity contribution is 7.13. The number of amides is 1. The fourth-order valence-corrected chi connectivity index (χ4v) is 6.13. The number of hydrogen-bond donors (Lipinski definition) is 1. The van der Waals surface area contributed by atoms with Crippen molar-refractivity contribution >= 4 is 23.3 Å². The molecular formula is C33H35F2N5O3S. The Balaban J connectivity index is 1.77. The average molecular weight is 620 g/mol. The Kier molecular flexibility index (Phi) is 9.36. The topological polar surface area (TPSA) is 89.3 Å². The minimum atomic E-state index is -2.67. The summed E-state index contributed by atoms with van der Waals surface area (Å²) in [4.78, 5) is 39.2. The van der Waals surface area contributed by atoms with E-state index in [1.807, 2.05) is 56.9 Å². The Labute approximate surface area is 259 Å². The summed E-state index contributed by atoms with van der Waals surface area (Å²) >= 11 is 1.24. The van der Waals surface area contributed by atoms with Gasteiger partial charge in [-0.15, -0.1) is 11.3 Å². The largest absolute Gasteiger partial charge is 0.497 e. The van der Waals surface area contributed by atoms with Crippen LogP contribution in [0.4, 0.5) is 8.78 Å². The summed E-state index contributed by atoms with van der Waals surface area (Å²) in [5, 5.41) is 5.54. The van der Waals surface area contributed by atoms with Gasteiger partial charge in [0.25, 0.3) is 17.9 Å². The van der Waals surface area contributed by atoms with Gasteiger partial charge in [0.2, 0.25) is 0 Å². The van der Waals surface area contributed by atoms with Crippen molar-refractivity contribution in [3.8, 4) is 33.3 Å². The van der Waals surface area contributed by atoms with Gasteiger partial charge >= 0.3 is 0 Å². The zero-order chi connectivity index (χ0) is 31.5. The Morgan fingerprint density at radius 2 is 2.02 bits per heavy atom. The number of aromatic nitrogens is 3. The van der Waals surface area contributed by atoms with Crippen molar-refractivity contribution in [2.24, 2.45) is 0 Å². The normalized spacial score (nSPS) is 15.0. The highest BCUT2D eigenvalue weighted by Gasteiger charge is 2.28. The monoisotopic (exact) mass is 619 g/mol. The third kappa shape index (κ3) is 6.34. The van der Waals surface area contributed by atoms with E-state index >= 15 is 0 Å². The van der Waals surface area contributed by atoms with Crippen molar-refractivity contribution in [3.05, 3.63) is 86.4 Å². The van der Waals surface area contributed by atoms with Gasteiger partial charge in [0, 0.05) is 48.9 Å². The highest BCUT2D eigenvalue weighted by atomic mass is 32.1. The summed E-state index contributed by atoms with van der Waals surface area (Å²) in [6.07, 6.45) is 1.19. The molecule has 1 aromatic carbocycles. The minimum Gasteiger partial charge on any atom is -0.497 e. The molecule has 1 saturated heterocycles. The lowest BCUT2D eigenvalue weighted by atomic mass is 10.0. The number of aryl methyl sites for hydroxylation is 1. The maximum absolute atomic E-state index is 14.5. The van der Waals surface area contributed by atoms with E-state index in [1.165, 1.54) is 29.7 Å². The predicted octanol–water partition coefficient (Wildman–Crippen LogP) is 6.39. The van der Waals surface area contributed by atoms with Crippen LogP contribution in [0.5, 0.6) is 5.75 Å². The van der Waals surface area contributed by atoms with Crippen LogP contribution < -0.4 is 15.6 Å². The third-order valence-corrected chi connectivity index (χ3v) is 8.38. The number of pyridine rings is 2. The van der Waals surface area contributed by atoms with E-state index in [9.17, 15) is 18.4 Å². The Morgan fingerprint density at radius 1 is 1.23 bits per heavy atom. The van der Waals surface area contributed by atoms with Gasteiger partial charge in [-0.25, -0.2) is 13.8 Å². The molecule has 0 aliphatic carbocycles. The van der Waals surface area contributed by atoms with Gasteiger partial charge in [-0.3, -0.25) is 19.1 Å². The van der Waals surface area contributed by atoms with E-state index in [2.05, 4.69) is 10.3 Å². The molecule has 1 amide bonds. The summed E-state index contributed by atoms with van der Waals surface area (Å²) in [6, 6.07) is 10.2. The quantitative estimate of drug-likeness (QED) is 0.246. The molecule has 1 atom stereocenters. The van der Waals surface area contributed by atoms with E-state index in [0.717, 1.165) is 11.1 Å².